The molecule has 0 saturated carbocycles. The Kier molecular flexibility index (Phi) is 5.87. The van der Waals surface area contributed by atoms with Gasteiger partial charge in [-0.15, -0.1) is 0 Å². The van der Waals surface area contributed by atoms with Gasteiger partial charge in [0.1, 0.15) is 6.10 Å². The van der Waals surface area contributed by atoms with Gasteiger partial charge in [0.15, 0.2) is 0 Å². The van der Waals surface area contributed by atoms with Gasteiger partial charge in [-0.2, -0.15) is 0 Å². The van der Waals surface area contributed by atoms with Crippen LogP contribution in [-0.2, 0) is 14.3 Å². The second kappa shape index (κ2) is 8.10. The second-order valence-electron chi connectivity index (χ2n) is 6.89. The van der Waals surface area contributed by atoms with Crippen LogP contribution in [0.5, 0.6) is 0 Å². The molecule has 1 aromatic rings. The van der Waals surface area contributed by atoms with Crippen molar-refractivity contribution in [2.45, 2.75) is 50.3 Å². The molecule has 0 bridgehead atoms. The molecule has 3 rings (SSSR count). The number of hydrogen-bond acceptors (Lipinski definition) is 4. The summed E-state index contributed by atoms with van der Waals surface area (Å²) < 4.78 is 11.0. The first-order chi connectivity index (χ1) is 11.7. The van der Waals surface area contributed by atoms with E-state index in [0.717, 1.165) is 38.9 Å². The average molecular weight is 332 g/mol. The summed E-state index contributed by atoms with van der Waals surface area (Å²) in [5.41, 5.74) is 1.13. The highest BCUT2D eigenvalue weighted by atomic mass is 16.5. The maximum atomic E-state index is 12.3. The summed E-state index contributed by atoms with van der Waals surface area (Å²) in [4.78, 5) is 12.3. The van der Waals surface area contributed by atoms with Gasteiger partial charge in [-0.3, -0.25) is 4.79 Å². The lowest BCUT2D eigenvalue weighted by atomic mass is 9.88. The lowest BCUT2D eigenvalue weighted by molar-refractivity contribution is -0.130. The van der Waals surface area contributed by atoms with Gasteiger partial charge in [0.2, 0.25) is 5.91 Å². The van der Waals surface area contributed by atoms with Crippen molar-refractivity contribution in [3.8, 4) is 0 Å². The van der Waals surface area contributed by atoms with Crippen LogP contribution in [0.15, 0.2) is 30.3 Å². The van der Waals surface area contributed by atoms with Crippen molar-refractivity contribution in [3.63, 3.8) is 0 Å². The number of benzene rings is 1. The normalized spacial score (nSPS) is 24.5. The predicted octanol–water partition coefficient (Wildman–Crippen LogP) is 2.18. The fourth-order valence-electron chi connectivity index (χ4n) is 3.57. The molecule has 2 fully saturated rings. The first-order valence-electron chi connectivity index (χ1n) is 8.98. The average Bonchev–Trinajstić information content (AvgIpc) is 3.16. The molecule has 0 radical (unpaired) electrons. The molecule has 0 spiro atoms. The van der Waals surface area contributed by atoms with Crippen LogP contribution in [0, 0.1) is 0 Å². The minimum absolute atomic E-state index is 0.0209. The zero-order valence-corrected chi connectivity index (χ0v) is 14.4. The molecule has 0 unspecified atom stereocenters. The third kappa shape index (κ3) is 4.35. The molecular formula is C19H28N2O3. The van der Waals surface area contributed by atoms with Gasteiger partial charge in [0, 0.05) is 37.9 Å². The molecule has 24 heavy (non-hydrogen) atoms. The van der Waals surface area contributed by atoms with Gasteiger partial charge in [0.05, 0.1) is 0 Å². The highest BCUT2D eigenvalue weighted by Crippen LogP contribution is 2.25. The lowest BCUT2D eigenvalue weighted by Gasteiger charge is -2.40. The zero-order chi connectivity index (χ0) is 16.8. The van der Waals surface area contributed by atoms with Crippen LogP contribution in [-0.4, -0.2) is 43.9 Å². The van der Waals surface area contributed by atoms with Crippen molar-refractivity contribution in [1.29, 1.82) is 0 Å². The Hall–Kier alpha value is -1.43. The minimum atomic E-state index is -0.270. The molecule has 2 N–H and O–H groups in total. The smallest absolute Gasteiger partial charge is 0.249 e. The van der Waals surface area contributed by atoms with E-state index < -0.39 is 0 Å². The molecule has 2 aliphatic heterocycles. The van der Waals surface area contributed by atoms with Gasteiger partial charge >= 0.3 is 0 Å². The summed E-state index contributed by atoms with van der Waals surface area (Å²) in [7, 11) is 0. The van der Waals surface area contributed by atoms with E-state index in [9.17, 15) is 4.79 Å². The fraction of sp³-hybridized carbons (Fsp3) is 0.632. The van der Waals surface area contributed by atoms with Crippen molar-refractivity contribution < 1.29 is 14.3 Å². The van der Waals surface area contributed by atoms with Crippen LogP contribution in [0.2, 0.25) is 0 Å². The molecule has 132 valence electrons. The zero-order valence-electron chi connectivity index (χ0n) is 14.4. The number of rotatable bonds is 6. The molecule has 2 saturated heterocycles. The standard InChI is InChI=1S/C19H28N2O3/c1-15(16-6-3-2-4-7-16)21-19(9-12-23-13-10-19)14-20-18(22)17-8-5-11-24-17/h2-4,6-7,15,17,21H,5,8-14H2,1H3,(H,20,22)/t15-,17-/m1/s1. The number of nitrogens with one attached hydrogen (secondary N) is 2. The molecule has 0 aliphatic carbocycles. The van der Waals surface area contributed by atoms with Crippen molar-refractivity contribution in [3.05, 3.63) is 35.9 Å². The van der Waals surface area contributed by atoms with Gasteiger partial charge in [-0.25, -0.2) is 0 Å². The maximum Gasteiger partial charge on any atom is 0.249 e. The van der Waals surface area contributed by atoms with Crippen LogP contribution >= 0.6 is 0 Å². The Labute approximate surface area is 144 Å². The van der Waals surface area contributed by atoms with E-state index in [1.54, 1.807) is 0 Å². The SMILES string of the molecule is C[C@@H](NC1(CNC(=O)[C@H]2CCCO2)CCOCC1)c1ccccc1. The van der Waals surface area contributed by atoms with Gasteiger partial charge < -0.3 is 20.1 Å². The maximum absolute atomic E-state index is 12.3. The third-order valence-electron chi connectivity index (χ3n) is 5.10. The number of ether oxygens (including phenoxy) is 2. The van der Waals surface area contributed by atoms with Crippen molar-refractivity contribution in [1.82, 2.24) is 10.6 Å². The van der Waals surface area contributed by atoms with E-state index in [0.29, 0.717) is 13.2 Å². The second-order valence-corrected chi connectivity index (χ2v) is 6.89. The summed E-state index contributed by atoms with van der Waals surface area (Å²) >= 11 is 0. The number of hydrogen-bond donors (Lipinski definition) is 2. The van der Waals surface area contributed by atoms with Crippen LogP contribution < -0.4 is 10.6 Å². The van der Waals surface area contributed by atoms with E-state index in [1.165, 1.54) is 5.56 Å². The van der Waals surface area contributed by atoms with Crippen LogP contribution in [0.4, 0.5) is 0 Å². The first kappa shape index (κ1) is 17.4. The summed E-state index contributed by atoms with van der Waals surface area (Å²) in [6.07, 6.45) is 3.33. The molecule has 2 aliphatic rings. The largest absolute Gasteiger partial charge is 0.381 e. The Morgan fingerprint density at radius 3 is 2.67 bits per heavy atom. The molecule has 0 aromatic heterocycles. The summed E-state index contributed by atoms with van der Waals surface area (Å²) in [6, 6.07) is 10.6. The molecule has 1 aromatic carbocycles. The van der Waals surface area contributed by atoms with E-state index in [-0.39, 0.29) is 23.6 Å². The summed E-state index contributed by atoms with van der Waals surface area (Å²) in [5.74, 6) is 0.0209. The number of carbonyl (C=O) groups is 1. The number of amides is 1. The Balaban J connectivity index is 1.62. The quantitative estimate of drug-likeness (QED) is 0.838. The van der Waals surface area contributed by atoms with E-state index in [2.05, 4.69) is 41.8 Å². The summed E-state index contributed by atoms with van der Waals surface area (Å²) in [6.45, 7) is 4.94. The first-order valence-corrected chi connectivity index (χ1v) is 8.98. The third-order valence-corrected chi connectivity index (χ3v) is 5.10. The monoisotopic (exact) mass is 332 g/mol. The topological polar surface area (TPSA) is 59.6 Å². The van der Waals surface area contributed by atoms with E-state index in [1.807, 2.05) is 6.07 Å². The van der Waals surface area contributed by atoms with E-state index in [4.69, 9.17) is 9.47 Å². The van der Waals surface area contributed by atoms with Gasteiger partial charge in [-0.1, -0.05) is 30.3 Å². The Bertz CT molecular complexity index is 523. The highest BCUT2D eigenvalue weighted by Gasteiger charge is 2.35. The fourth-order valence-corrected chi connectivity index (χ4v) is 3.57. The van der Waals surface area contributed by atoms with Gasteiger partial charge in [-0.05, 0) is 38.2 Å². The van der Waals surface area contributed by atoms with Crippen molar-refractivity contribution >= 4 is 5.91 Å². The number of carbonyl (C=O) groups excluding carboxylic acids is 1. The Morgan fingerprint density at radius 1 is 1.25 bits per heavy atom. The molecule has 2 heterocycles. The van der Waals surface area contributed by atoms with Crippen LogP contribution in [0.1, 0.15) is 44.2 Å². The molecular weight excluding hydrogens is 304 g/mol. The summed E-state index contributed by atoms with van der Waals surface area (Å²) in [5, 5.41) is 6.87. The van der Waals surface area contributed by atoms with Crippen molar-refractivity contribution in [2.24, 2.45) is 0 Å². The Morgan fingerprint density at radius 2 is 2.00 bits per heavy atom. The lowest BCUT2D eigenvalue weighted by Crippen LogP contribution is -2.57. The molecule has 5 heteroatoms. The van der Waals surface area contributed by atoms with E-state index >= 15 is 0 Å². The highest BCUT2D eigenvalue weighted by molar-refractivity contribution is 5.81. The van der Waals surface area contributed by atoms with Crippen molar-refractivity contribution in [2.75, 3.05) is 26.4 Å². The van der Waals surface area contributed by atoms with Crippen LogP contribution in [0.3, 0.4) is 0 Å². The molecule has 2 atom stereocenters. The van der Waals surface area contributed by atoms with Gasteiger partial charge in [0.25, 0.3) is 0 Å². The molecule has 5 nitrogen and oxygen atoms in total. The van der Waals surface area contributed by atoms with Crippen LogP contribution in [0.25, 0.3) is 0 Å². The predicted molar refractivity (Wildman–Crippen MR) is 92.8 cm³/mol. The minimum Gasteiger partial charge on any atom is -0.381 e. The molecule has 1 amide bonds.